The molecule has 2 rings (SSSR count). The molecule has 0 bridgehead atoms. The van der Waals surface area contributed by atoms with Gasteiger partial charge >= 0.3 is 0 Å². The van der Waals surface area contributed by atoms with Crippen LogP contribution in [0.3, 0.4) is 0 Å². The largest absolute Gasteiger partial charge is 0.360 e. The minimum atomic E-state index is 0.834. The van der Waals surface area contributed by atoms with Crippen LogP contribution in [-0.4, -0.2) is 4.98 Å². The molecule has 0 saturated carbocycles. The van der Waals surface area contributed by atoms with Crippen molar-refractivity contribution in [2.24, 2.45) is 0 Å². The minimum absolute atomic E-state index is 0.834. The van der Waals surface area contributed by atoms with Gasteiger partial charge in [0.2, 0.25) is 0 Å². The van der Waals surface area contributed by atoms with E-state index in [-0.39, 0.29) is 0 Å². The number of fused-ring (bicyclic) bond motifs is 1. The Balaban J connectivity index is 2.93. The number of hydrogen-bond acceptors (Lipinski definition) is 0. The van der Waals surface area contributed by atoms with Crippen LogP contribution in [0.25, 0.3) is 10.9 Å². The minimum Gasteiger partial charge on any atom is -0.360 e. The van der Waals surface area contributed by atoms with Crippen molar-refractivity contribution in [3.05, 3.63) is 34.5 Å². The van der Waals surface area contributed by atoms with E-state index >= 15 is 0 Å². The number of halogens is 1. The molecule has 1 aromatic heterocycles. The van der Waals surface area contributed by atoms with Gasteiger partial charge in [0, 0.05) is 11.6 Å². The van der Waals surface area contributed by atoms with Gasteiger partial charge in [-0.25, -0.2) is 0 Å². The fourth-order valence-electron chi connectivity index (χ4n) is 1.41. The summed E-state index contributed by atoms with van der Waals surface area (Å²) < 4.78 is 0. The molecular weight excluding hydrogens is 170 g/mol. The summed E-state index contributed by atoms with van der Waals surface area (Å²) in [5, 5.41) is 2.05. The van der Waals surface area contributed by atoms with Crippen molar-refractivity contribution in [2.45, 2.75) is 13.8 Å². The lowest BCUT2D eigenvalue weighted by atomic mass is 10.1. The van der Waals surface area contributed by atoms with Crippen LogP contribution in [0.15, 0.2) is 18.3 Å². The molecule has 1 nitrogen and oxygen atoms in total. The van der Waals surface area contributed by atoms with Crippen LogP contribution in [0.1, 0.15) is 11.1 Å². The van der Waals surface area contributed by atoms with Crippen LogP contribution < -0.4 is 0 Å². The Labute approximate surface area is 76.4 Å². The molecule has 0 fully saturated rings. The van der Waals surface area contributed by atoms with E-state index in [1.807, 2.05) is 19.2 Å². The van der Waals surface area contributed by atoms with Gasteiger partial charge in [0.15, 0.2) is 0 Å². The summed E-state index contributed by atoms with van der Waals surface area (Å²) in [5.74, 6) is 0. The second-order valence-corrected chi connectivity index (χ2v) is 3.47. The summed E-state index contributed by atoms with van der Waals surface area (Å²) in [5.41, 5.74) is 3.41. The van der Waals surface area contributed by atoms with Crippen molar-refractivity contribution in [1.82, 2.24) is 4.98 Å². The predicted molar refractivity (Wildman–Crippen MR) is 52.8 cm³/mol. The fraction of sp³-hybridized carbons (Fsp3) is 0.200. The molecule has 0 aliphatic carbocycles. The van der Waals surface area contributed by atoms with Gasteiger partial charge in [-0.15, -0.1) is 0 Å². The molecule has 0 saturated heterocycles. The van der Waals surface area contributed by atoms with Crippen LogP contribution >= 0.6 is 11.6 Å². The summed E-state index contributed by atoms with van der Waals surface area (Å²) in [7, 11) is 0. The Morgan fingerprint density at radius 2 is 1.92 bits per heavy atom. The fourth-order valence-corrected chi connectivity index (χ4v) is 1.63. The normalized spacial score (nSPS) is 10.9. The average molecular weight is 180 g/mol. The number of rotatable bonds is 0. The Morgan fingerprint density at radius 3 is 2.67 bits per heavy atom. The second kappa shape index (κ2) is 2.53. The van der Waals surface area contributed by atoms with Gasteiger partial charge in [-0.2, -0.15) is 0 Å². The highest BCUT2D eigenvalue weighted by Gasteiger charge is 2.04. The molecule has 0 aliphatic rings. The zero-order valence-electron chi connectivity index (χ0n) is 7.11. The Kier molecular flexibility index (Phi) is 1.62. The summed E-state index contributed by atoms with van der Waals surface area (Å²) in [6, 6.07) is 4.15. The molecule has 62 valence electrons. The monoisotopic (exact) mass is 179 g/mol. The van der Waals surface area contributed by atoms with Gasteiger partial charge in [-0.3, -0.25) is 0 Å². The Morgan fingerprint density at radius 1 is 1.17 bits per heavy atom. The molecule has 12 heavy (non-hydrogen) atoms. The third-order valence-corrected chi connectivity index (χ3v) is 2.68. The molecule has 1 heterocycles. The molecule has 1 aromatic carbocycles. The van der Waals surface area contributed by atoms with Crippen LogP contribution in [0.4, 0.5) is 0 Å². The molecule has 2 heteroatoms. The molecule has 0 unspecified atom stereocenters. The van der Waals surface area contributed by atoms with E-state index in [1.54, 1.807) is 0 Å². The first-order valence-electron chi connectivity index (χ1n) is 3.93. The molecule has 0 atom stereocenters. The molecule has 0 amide bonds. The SMILES string of the molecule is Cc1ccc2c(C)c[nH]c2c1Cl. The number of aromatic nitrogens is 1. The molecule has 0 radical (unpaired) electrons. The lowest BCUT2D eigenvalue weighted by molar-refractivity contribution is 1.42. The number of hydrogen-bond donors (Lipinski definition) is 1. The van der Waals surface area contributed by atoms with Crippen LogP contribution in [0, 0.1) is 13.8 Å². The number of aromatic amines is 1. The Hall–Kier alpha value is -0.950. The van der Waals surface area contributed by atoms with Crippen molar-refractivity contribution >= 4 is 22.5 Å². The number of aryl methyl sites for hydroxylation is 2. The highest BCUT2D eigenvalue weighted by molar-refractivity contribution is 6.35. The summed E-state index contributed by atoms with van der Waals surface area (Å²) in [4.78, 5) is 3.16. The van der Waals surface area contributed by atoms with Crippen molar-refractivity contribution < 1.29 is 0 Å². The van der Waals surface area contributed by atoms with E-state index in [9.17, 15) is 0 Å². The van der Waals surface area contributed by atoms with Crippen molar-refractivity contribution in [2.75, 3.05) is 0 Å². The topological polar surface area (TPSA) is 15.8 Å². The highest BCUT2D eigenvalue weighted by Crippen LogP contribution is 2.27. The van der Waals surface area contributed by atoms with Crippen LogP contribution in [-0.2, 0) is 0 Å². The zero-order valence-corrected chi connectivity index (χ0v) is 7.87. The molecule has 2 aromatic rings. The third kappa shape index (κ3) is 0.935. The summed E-state index contributed by atoms with van der Waals surface area (Å²) in [6.07, 6.45) is 1.98. The van der Waals surface area contributed by atoms with E-state index in [0.717, 1.165) is 16.1 Å². The first-order chi connectivity index (χ1) is 5.70. The molecule has 1 N–H and O–H groups in total. The summed E-state index contributed by atoms with van der Waals surface area (Å²) >= 11 is 6.11. The number of H-pyrrole nitrogens is 1. The lowest BCUT2D eigenvalue weighted by Gasteiger charge is -1.98. The van der Waals surface area contributed by atoms with Crippen LogP contribution in [0.5, 0.6) is 0 Å². The molecule has 0 spiro atoms. The average Bonchev–Trinajstić information content (AvgIpc) is 2.41. The van der Waals surface area contributed by atoms with E-state index in [2.05, 4.69) is 18.0 Å². The quantitative estimate of drug-likeness (QED) is 0.638. The maximum atomic E-state index is 6.11. The highest BCUT2D eigenvalue weighted by atomic mass is 35.5. The van der Waals surface area contributed by atoms with E-state index < -0.39 is 0 Å². The standard InChI is InChI=1S/C10H10ClN/c1-6-3-4-8-7(2)5-12-10(8)9(6)11/h3-5,12H,1-2H3. The summed E-state index contributed by atoms with van der Waals surface area (Å²) in [6.45, 7) is 4.09. The van der Waals surface area contributed by atoms with E-state index in [1.165, 1.54) is 10.9 Å². The van der Waals surface area contributed by atoms with Gasteiger partial charge in [0.25, 0.3) is 0 Å². The number of nitrogens with one attached hydrogen (secondary N) is 1. The van der Waals surface area contributed by atoms with Gasteiger partial charge < -0.3 is 4.98 Å². The van der Waals surface area contributed by atoms with E-state index in [4.69, 9.17) is 11.6 Å². The van der Waals surface area contributed by atoms with Gasteiger partial charge in [0.1, 0.15) is 0 Å². The number of benzene rings is 1. The van der Waals surface area contributed by atoms with Crippen LogP contribution in [0.2, 0.25) is 5.02 Å². The Bertz CT molecular complexity index is 429. The van der Waals surface area contributed by atoms with Crippen molar-refractivity contribution in [3.63, 3.8) is 0 Å². The van der Waals surface area contributed by atoms with E-state index in [0.29, 0.717) is 0 Å². The predicted octanol–water partition coefficient (Wildman–Crippen LogP) is 3.44. The first-order valence-corrected chi connectivity index (χ1v) is 4.30. The van der Waals surface area contributed by atoms with Gasteiger partial charge in [-0.1, -0.05) is 23.7 Å². The van der Waals surface area contributed by atoms with Gasteiger partial charge in [-0.05, 0) is 25.0 Å². The lowest BCUT2D eigenvalue weighted by Crippen LogP contribution is -1.76. The van der Waals surface area contributed by atoms with Crippen molar-refractivity contribution in [3.8, 4) is 0 Å². The second-order valence-electron chi connectivity index (χ2n) is 3.09. The smallest absolute Gasteiger partial charge is 0.0676 e. The van der Waals surface area contributed by atoms with Gasteiger partial charge in [0.05, 0.1) is 10.5 Å². The maximum Gasteiger partial charge on any atom is 0.0676 e. The van der Waals surface area contributed by atoms with Crippen molar-refractivity contribution in [1.29, 1.82) is 0 Å². The molecular formula is C10H10ClN. The zero-order chi connectivity index (χ0) is 8.72. The third-order valence-electron chi connectivity index (χ3n) is 2.19. The first kappa shape index (κ1) is 7.69. The maximum absolute atomic E-state index is 6.11. The molecule has 0 aliphatic heterocycles.